The molecule has 16 heavy (non-hydrogen) atoms. The predicted octanol–water partition coefficient (Wildman–Crippen LogP) is 0.786. The van der Waals surface area contributed by atoms with Gasteiger partial charge in [0.1, 0.15) is 0 Å². The number of carboxylic acids is 1. The zero-order valence-electron chi connectivity index (χ0n) is 9.18. The minimum Gasteiger partial charge on any atom is -0.478 e. The SMILES string of the molecule is CCN(CCO)c1ccc(N)c(C(=O)O)c1. The molecule has 5 heteroatoms. The van der Waals surface area contributed by atoms with Gasteiger partial charge >= 0.3 is 5.97 Å². The van der Waals surface area contributed by atoms with E-state index in [1.165, 1.54) is 6.07 Å². The Morgan fingerprint density at radius 1 is 1.50 bits per heavy atom. The van der Waals surface area contributed by atoms with E-state index in [-0.39, 0.29) is 17.9 Å². The number of hydrogen-bond donors (Lipinski definition) is 3. The van der Waals surface area contributed by atoms with Gasteiger partial charge in [-0.25, -0.2) is 4.79 Å². The molecule has 0 atom stereocenters. The number of likely N-dealkylation sites (N-methyl/N-ethyl adjacent to an activating group) is 1. The van der Waals surface area contributed by atoms with E-state index in [1.54, 1.807) is 12.1 Å². The van der Waals surface area contributed by atoms with Crippen LogP contribution in [0.3, 0.4) is 0 Å². The van der Waals surface area contributed by atoms with Crippen LogP contribution in [0.15, 0.2) is 18.2 Å². The van der Waals surface area contributed by atoms with Crippen molar-refractivity contribution in [2.24, 2.45) is 0 Å². The van der Waals surface area contributed by atoms with Crippen molar-refractivity contribution < 1.29 is 15.0 Å². The van der Waals surface area contributed by atoms with Crippen molar-refractivity contribution in [2.45, 2.75) is 6.92 Å². The van der Waals surface area contributed by atoms with Gasteiger partial charge in [-0.3, -0.25) is 0 Å². The molecule has 0 unspecified atom stereocenters. The highest BCUT2D eigenvalue weighted by atomic mass is 16.4. The molecule has 0 amide bonds. The Morgan fingerprint density at radius 3 is 2.69 bits per heavy atom. The van der Waals surface area contributed by atoms with E-state index in [4.69, 9.17) is 15.9 Å². The van der Waals surface area contributed by atoms with Gasteiger partial charge in [0, 0.05) is 24.5 Å². The molecule has 0 spiro atoms. The molecule has 1 rings (SSSR count). The second-order valence-electron chi connectivity index (χ2n) is 3.38. The van der Waals surface area contributed by atoms with E-state index >= 15 is 0 Å². The zero-order valence-corrected chi connectivity index (χ0v) is 9.18. The minimum atomic E-state index is -1.04. The average molecular weight is 224 g/mol. The van der Waals surface area contributed by atoms with Crippen LogP contribution in [-0.2, 0) is 0 Å². The third-order valence-corrected chi connectivity index (χ3v) is 2.38. The molecule has 88 valence electrons. The van der Waals surface area contributed by atoms with Gasteiger partial charge in [0.15, 0.2) is 0 Å². The first-order valence-corrected chi connectivity index (χ1v) is 5.08. The second-order valence-corrected chi connectivity index (χ2v) is 3.38. The fourth-order valence-electron chi connectivity index (χ4n) is 1.52. The number of aliphatic hydroxyl groups is 1. The topological polar surface area (TPSA) is 86.8 Å². The maximum absolute atomic E-state index is 10.9. The first kappa shape index (κ1) is 12.3. The smallest absolute Gasteiger partial charge is 0.337 e. The standard InChI is InChI=1S/C11H16N2O3/c1-2-13(5-6-14)8-3-4-10(12)9(7-8)11(15)16/h3-4,7,14H,2,5-6,12H2,1H3,(H,15,16). The fraction of sp³-hybridized carbons (Fsp3) is 0.364. The van der Waals surface area contributed by atoms with Crippen LogP contribution in [0.4, 0.5) is 11.4 Å². The van der Waals surface area contributed by atoms with E-state index in [0.29, 0.717) is 13.1 Å². The van der Waals surface area contributed by atoms with Crippen LogP contribution in [0.1, 0.15) is 17.3 Å². The molecule has 0 fully saturated rings. The Morgan fingerprint density at radius 2 is 2.19 bits per heavy atom. The summed E-state index contributed by atoms with van der Waals surface area (Å²) in [5, 5.41) is 17.8. The summed E-state index contributed by atoms with van der Waals surface area (Å²) in [7, 11) is 0. The van der Waals surface area contributed by atoms with Gasteiger partial charge in [0.25, 0.3) is 0 Å². The van der Waals surface area contributed by atoms with Crippen LogP contribution < -0.4 is 10.6 Å². The summed E-state index contributed by atoms with van der Waals surface area (Å²) in [4.78, 5) is 12.8. The van der Waals surface area contributed by atoms with Gasteiger partial charge in [-0.1, -0.05) is 0 Å². The Labute approximate surface area is 94.1 Å². The third-order valence-electron chi connectivity index (χ3n) is 2.38. The Bertz CT molecular complexity index is 379. The number of benzene rings is 1. The predicted molar refractivity (Wildman–Crippen MR) is 62.8 cm³/mol. The molecule has 0 heterocycles. The number of carboxylic acid groups (broad SMARTS) is 1. The lowest BCUT2D eigenvalue weighted by Crippen LogP contribution is -2.26. The maximum atomic E-state index is 10.9. The number of carbonyl (C=O) groups is 1. The first-order chi connectivity index (χ1) is 7.60. The van der Waals surface area contributed by atoms with Gasteiger partial charge in [-0.15, -0.1) is 0 Å². The fourth-order valence-corrected chi connectivity index (χ4v) is 1.52. The summed E-state index contributed by atoms with van der Waals surface area (Å²) in [6.45, 7) is 3.14. The van der Waals surface area contributed by atoms with E-state index in [9.17, 15) is 4.79 Å². The minimum absolute atomic E-state index is 0.0284. The van der Waals surface area contributed by atoms with Crippen molar-refractivity contribution in [2.75, 3.05) is 30.3 Å². The second kappa shape index (κ2) is 5.37. The molecule has 5 nitrogen and oxygen atoms in total. The lowest BCUT2D eigenvalue weighted by atomic mass is 10.1. The molecule has 4 N–H and O–H groups in total. The molecule has 0 aliphatic carbocycles. The van der Waals surface area contributed by atoms with E-state index < -0.39 is 5.97 Å². The van der Waals surface area contributed by atoms with E-state index in [2.05, 4.69) is 0 Å². The highest BCUT2D eigenvalue weighted by molar-refractivity contribution is 5.94. The Hall–Kier alpha value is -1.75. The van der Waals surface area contributed by atoms with Crippen LogP contribution >= 0.6 is 0 Å². The quantitative estimate of drug-likeness (QED) is 0.643. The number of aliphatic hydroxyl groups excluding tert-OH is 1. The average Bonchev–Trinajstić information content (AvgIpc) is 2.26. The summed E-state index contributed by atoms with van der Waals surface area (Å²) in [5.41, 5.74) is 6.65. The van der Waals surface area contributed by atoms with E-state index in [1.807, 2.05) is 11.8 Å². The van der Waals surface area contributed by atoms with Crippen molar-refractivity contribution in [3.05, 3.63) is 23.8 Å². The van der Waals surface area contributed by atoms with Gasteiger partial charge in [0.05, 0.1) is 12.2 Å². The monoisotopic (exact) mass is 224 g/mol. The zero-order chi connectivity index (χ0) is 12.1. The first-order valence-electron chi connectivity index (χ1n) is 5.08. The molecule has 0 aromatic heterocycles. The van der Waals surface area contributed by atoms with Gasteiger partial charge in [0.2, 0.25) is 0 Å². The summed E-state index contributed by atoms with van der Waals surface area (Å²) in [5.74, 6) is -1.04. The number of hydrogen-bond acceptors (Lipinski definition) is 4. The molecule has 0 bridgehead atoms. The summed E-state index contributed by atoms with van der Waals surface area (Å²) < 4.78 is 0. The van der Waals surface area contributed by atoms with Crippen LogP contribution in [0.2, 0.25) is 0 Å². The van der Waals surface area contributed by atoms with Crippen molar-refractivity contribution in [3.63, 3.8) is 0 Å². The van der Waals surface area contributed by atoms with Crippen molar-refractivity contribution in [1.29, 1.82) is 0 Å². The van der Waals surface area contributed by atoms with Crippen molar-refractivity contribution in [1.82, 2.24) is 0 Å². The number of anilines is 2. The molecule has 0 saturated carbocycles. The molecular weight excluding hydrogens is 208 g/mol. The molecule has 0 radical (unpaired) electrons. The van der Waals surface area contributed by atoms with Crippen LogP contribution in [0.5, 0.6) is 0 Å². The van der Waals surface area contributed by atoms with Crippen LogP contribution in [0, 0.1) is 0 Å². The highest BCUT2D eigenvalue weighted by Gasteiger charge is 2.11. The van der Waals surface area contributed by atoms with Gasteiger partial charge in [-0.2, -0.15) is 0 Å². The lowest BCUT2D eigenvalue weighted by molar-refractivity contribution is 0.0698. The van der Waals surface area contributed by atoms with Crippen LogP contribution in [-0.4, -0.2) is 35.9 Å². The largest absolute Gasteiger partial charge is 0.478 e. The summed E-state index contributed by atoms with van der Waals surface area (Å²) in [6.07, 6.45) is 0. The van der Waals surface area contributed by atoms with Crippen molar-refractivity contribution >= 4 is 17.3 Å². The highest BCUT2D eigenvalue weighted by Crippen LogP contribution is 2.21. The Balaban J connectivity index is 3.05. The number of nitrogens with two attached hydrogens (primary N) is 1. The molecule has 0 aliphatic heterocycles. The third kappa shape index (κ3) is 2.64. The molecule has 0 aliphatic rings. The van der Waals surface area contributed by atoms with E-state index in [0.717, 1.165) is 5.69 Å². The molecule has 1 aromatic carbocycles. The molecule has 0 saturated heterocycles. The van der Waals surface area contributed by atoms with Gasteiger partial charge in [-0.05, 0) is 25.1 Å². The summed E-state index contributed by atoms with van der Waals surface area (Å²) in [6, 6.07) is 4.84. The van der Waals surface area contributed by atoms with Crippen molar-refractivity contribution in [3.8, 4) is 0 Å². The summed E-state index contributed by atoms with van der Waals surface area (Å²) >= 11 is 0. The van der Waals surface area contributed by atoms with Gasteiger partial charge < -0.3 is 20.8 Å². The molecule has 1 aromatic rings. The number of aromatic carboxylic acids is 1. The number of nitrogen functional groups attached to an aromatic ring is 1. The lowest BCUT2D eigenvalue weighted by Gasteiger charge is -2.22. The number of nitrogens with zero attached hydrogens (tertiary/aromatic N) is 1. The Kier molecular flexibility index (Phi) is 4.13. The maximum Gasteiger partial charge on any atom is 0.337 e. The normalized spacial score (nSPS) is 10.1. The number of rotatable bonds is 5. The van der Waals surface area contributed by atoms with Crippen LogP contribution in [0.25, 0.3) is 0 Å². The molecular formula is C11H16N2O3.